The van der Waals surface area contributed by atoms with Crippen molar-refractivity contribution in [3.8, 4) is 0 Å². The average molecular weight is 686 g/mol. The van der Waals surface area contributed by atoms with Crippen LogP contribution in [0.4, 0.5) is 11.4 Å². The molecule has 258 valence electrons. The van der Waals surface area contributed by atoms with Gasteiger partial charge in [-0.25, -0.2) is 0 Å². The molecule has 5 aromatic rings. The zero-order valence-electron chi connectivity index (χ0n) is 29.7. The molecule has 1 heterocycles. The highest BCUT2D eigenvalue weighted by molar-refractivity contribution is 5.94. The molecule has 0 bridgehead atoms. The number of anilines is 2. The van der Waals surface area contributed by atoms with Gasteiger partial charge >= 0.3 is 0 Å². The quantitative estimate of drug-likeness (QED) is 0.168. The van der Waals surface area contributed by atoms with Gasteiger partial charge in [0.15, 0.2) is 0 Å². The molecule has 3 heteroatoms. The van der Waals surface area contributed by atoms with E-state index in [2.05, 4.69) is 192 Å². The number of nitrogens with two attached hydrogens (primary N) is 1. The Balaban J connectivity index is 0.989. The molecular weight excluding hydrogens is 643 g/mol. The van der Waals surface area contributed by atoms with Crippen LogP contribution in [0.2, 0.25) is 0 Å². The molecule has 0 fully saturated rings. The average Bonchev–Trinajstić information content (AvgIpc) is 3.58. The first-order valence-corrected chi connectivity index (χ1v) is 19.1. The van der Waals surface area contributed by atoms with Gasteiger partial charge in [0.05, 0.1) is 12.2 Å². The molecule has 6 atom stereocenters. The van der Waals surface area contributed by atoms with Gasteiger partial charge in [0.1, 0.15) is 0 Å². The molecule has 5 aromatic carbocycles. The second kappa shape index (κ2) is 13.3. The van der Waals surface area contributed by atoms with Crippen LogP contribution >= 0.6 is 0 Å². The molecule has 1 aliphatic heterocycles. The van der Waals surface area contributed by atoms with E-state index >= 15 is 0 Å². The van der Waals surface area contributed by atoms with Gasteiger partial charge in [-0.3, -0.25) is 5.32 Å². The maximum absolute atomic E-state index is 6.98. The van der Waals surface area contributed by atoms with Gasteiger partial charge in [-0.1, -0.05) is 158 Å². The molecule has 0 saturated carbocycles. The van der Waals surface area contributed by atoms with Crippen LogP contribution in [0.1, 0.15) is 57.9 Å². The Kier molecular flexibility index (Phi) is 8.05. The SMILES string of the molecule is NC(NC(/C=C/c1ccc2c(c1)C=CCC2)c1ccccc1)c1ccc(N2C3=c4ccccc4=C4C=CC5C=CC=CC5C4C3c3ccccc32)cc1. The first-order valence-electron chi connectivity index (χ1n) is 19.1. The summed E-state index contributed by atoms with van der Waals surface area (Å²) in [5.74, 6) is 1.46. The van der Waals surface area contributed by atoms with Gasteiger partial charge in [-0.05, 0) is 87.2 Å². The molecule has 0 amide bonds. The first kappa shape index (κ1) is 32.0. The maximum Gasteiger partial charge on any atom is 0.0817 e. The van der Waals surface area contributed by atoms with Gasteiger partial charge in [0.25, 0.3) is 0 Å². The van der Waals surface area contributed by atoms with Crippen molar-refractivity contribution in [2.75, 3.05) is 4.90 Å². The molecule has 6 unspecified atom stereocenters. The van der Waals surface area contributed by atoms with Crippen molar-refractivity contribution < 1.29 is 0 Å². The van der Waals surface area contributed by atoms with Crippen molar-refractivity contribution >= 4 is 34.8 Å². The lowest BCUT2D eigenvalue weighted by Gasteiger charge is -2.41. The number of rotatable bonds is 7. The number of hydrogen-bond donors (Lipinski definition) is 2. The van der Waals surface area contributed by atoms with Gasteiger partial charge in [0.2, 0.25) is 0 Å². The van der Waals surface area contributed by atoms with Gasteiger partial charge in [-0.15, -0.1) is 0 Å². The molecular formula is C50H43N3. The summed E-state index contributed by atoms with van der Waals surface area (Å²) in [5.41, 5.74) is 19.8. The molecule has 0 spiro atoms. The summed E-state index contributed by atoms with van der Waals surface area (Å²) >= 11 is 0. The summed E-state index contributed by atoms with van der Waals surface area (Å²) < 4.78 is 0. The third-order valence-electron chi connectivity index (χ3n) is 12.0. The molecule has 0 radical (unpaired) electrons. The summed E-state index contributed by atoms with van der Waals surface area (Å²) in [6.07, 6.45) is 25.0. The number of allylic oxidation sites excluding steroid dienone is 7. The number of hydrogen-bond acceptors (Lipinski definition) is 3. The van der Waals surface area contributed by atoms with Crippen LogP contribution in [0.5, 0.6) is 0 Å². The van der Waals surface area contributed by atoms with Crippen LogP contribution in [-0.4, -0.2) is 0 Å². The number of aryl methyl sites for hydroxylation is 1. The maximum atomic E-state index is 6.98. The molecule has 0 saturated heterocycles. The Morgan fingerprint density at radius 2 is 1.53 bits per heavy atom. The molecule has 3 nitrogen and oxygen atoms in total. The first-order chi connectivity index (χ1) is 26.2. The topological polar surface area (TPSA) is 41.3 Å². The molecule has 3 N–H and O–H groups in total. The summed E-state index contributed by atoms with van der Waals surface area (Å²) in [6.45, 7) is 0. The summed E-state index contributed by atoms with van der Waals surface area (Å²) in [4.78, 5) is 2.53. The van der Waals surface area contributed by atoms with E-state index in [9.17, 15) is 0 Å². The fourth-order valence-electron chi connectivity index (χ4n) is 9.46. The standard InChI is InChI=1S/C50H43N3/c51-50(52-45(36-14-2-1-3-15-36)31-23-33-22-24-34-12-4-5-16-38(34)32-33)37-25-28-39(29-26-37)53-46-21-11-10-20-44(46)48-47-40-17-7-6-13-35(40)27-30-42(47)41-18-8-9-19-43(41)49(48)53/h1-3,5-11,13-32,35,40,45,47-48,50,52H,4,12,51H2/b31-23+. The Bertz CT molecular complexity index is 2480. The largest absolute Gasteiger partial charge is 0.313 e. The fraction of sp³-hybridized carbons (Fsp3) is 0.160. The lowest BCUT2D eigenvalue weighted by molar-refractivity contribution is 0.392. The second-order valence-corrected chi connectivity index (χ2v) is 15.0. The minimum absolute atomic E-state index is 0.0551. The van der Waals surface area contributed by atoms with E-state index in [1.807, 2.05) is 0 Å². The van der Waals surface area contributed by atoms with E-state index in [1.54, 1.807) is 0 Å². The number of benzene rings is 5. The monoisotopic (exact) mass is 685 g/mol. The Labute approximate surface area is 312 Å². The lowest BCUT2D eigenvalue weighted by Crippen LogP contribution is -2.44. The zero-order chi connectivity index (χ0) is 35.3. The van der Waals surface area contributed by atoms with Crippen molar-refractivity contribution in [3.05, 3.63) is 214 Å². The molecule has 53 heavy (non-hydrogen) atoms. The van der Waals surface area contributed by atoms with E-state index in [0.29, 0.717) is 17.8 Å². The highest BCUT2D eigenvalue weighted by atomic mass is 15.2. The minimum Gasteiger partial charge on any atom is -0.313 e. The predicted molar refractivity (Wildman–Crippen MR) is 220 cm³/mol. The van der Waals surface area contributed by atoms with Crippen LogP contribution < -0.4 is 26.4 Å². The Morgan fingerprint density at radius 1 is 0.736 bits per heavy atom. The fourth-order valence-corrected chi connectivity index (χ4v) is 9.46. The smallest absolute Gasteiger partial charge is 0.0817 e. The summed E-state index contributed by atoms with van der Waals surface area (Å²) in [5, 5.41) is 6.42. The zero-order valence-corrected chi connectivity index (χ0v) is 29.7. The molecule has 10 rings (SSSR count). The third kappa shape index (κ3) is 5.60. The number of para-hydroxylation sites is 1. The number of nitrogens with zero attached hydrogens (tertiary/aromatic N) is 1. The molecule has 4 aliphatic carbocycles. The van der Waals surface area contributed by atoms with E-state index in [4.69, 9.17) is 5.73 Å². The predicted octanol–water partition coefficient (Wildman–Crippen LogP) is 9.40. The van der Waals surface area contributed by atoms with E-state index in [1.165, 1.54) is 55.2 Å². The highest BCUT2D eigenvalue weighted by Crippen LogP contribution is 2.57. The van der Waals surface area contributed by atoms with Crippen molar-refractivity contribution in [3.63, 3.8) is 0 Å². The van der Waals surface area contributed by atoms with Crippen LogP contribution in [-0.2, 0) is 6.42 Å². The van der Waals surface area contributed by atoms with E-state index < -0.39 is 0 Å². The van der Waals surface area contributed by atoms with E-state index in [0.717, 1.165) is 24.1 Å². The number of nitrogens with one attached hydrogen (secondary N) is 1. The lowest BCUT2D eigenvalue weighted by atomic mass is 9.63. The van der Waals surface area contributed by atoms with E-state index in [-0.39, 0.29) is 18.1 Å². The normalized spacial score (nSPS) is 22.8. The van der Waals surface area contributed by atoms with Crippen molar-refractivity contribution in [2.45, 2.75) is 31.0 Å². The molecule has 5 aliphatic rings. The Morgan fingerprint density at radius 3 is 2.42 bits per heavy atom. The van der Waals surface area contributed by atoms with Crippen molar-refractivity contribution in [2.24, 2.45) is 23.5 Å². The third-order valence-corrected chi connectivity index (χ3v) is 12.0. The van der Waals surface area contributed by atoms with Crippen molar-refractivity contribution in [1.82, 2.24) is 5.32 Å². The van der Waals surface area contributed by atoms with Gasteiger partial charge < -0.3 is 10.6 Å². The van der Waals surface area contributed by atoms with Crippen LogP contribution in [0, 0.1) is 17.8 Å². The van der Waals surface area contributed by atoms with Crippen LogP contribution in [0.3, 0.4) is 0 Å². The molecule has 0 aromatic heterocycles. The second-order valence-electron chi connectivity index (χ2n) is 15.0. The van der Waals surface area contributed by atoms with Crippen molar-refractivity contribution in [1.29, 1.82) is 0 Å². The Hall–Kier alpha value is -5.74. The van der Waals surface area contributed by atoms with Gasteiger partial charge in [-0.2, -0.15) is 0 Å². The summed E-state index contributed by atoms with van der Waals surface area (Å²) in [6, 6.07) is 44.3. The summed E-state index contributed by atoms with van der Waals surface area (Å²) in [7, 11) is 0. The van der Waals surface area contributed by atoms with Crippen LogP contribution in [0.25, 0.3) is 23.4 Å². The number of fused-ring (bicyclic) bond motifs is 9. The van der Waals surface area contributed by atoms with Crippen LogP contribution in [0.15, 0.2) is 170 Å². The van der Waals surface area contributed by atoms with Gasteiger partial charge in [0, 0.05) is 40.0 Å². The highest BCUT2D eigenvalue weighted by Gasteiger charge is 2.47. The minimum atomic E-state index is -0.360.